The van der Waals surface area contributed by atoms with Crippen LogP contribution in [0.2, 0.25) is 5.02 Å². The van der Waals surface area contributed by atoms with Gasteiger partial charge in [-0.25, -0.2) is 8.42 Å². The van der Waals surface area contributed by atoms with E-state index in [1.807, 2.05) is 13.8 Å². The van der Waals surface area contributed by atoms with Gasteiger partial charge in [0.05, 0.1) is 12.2 Å². The fourth-order valence-corrected chi connectivity index (χ4v) is 3.46. The first-order valence-corrected chi connectivity index (χ1v) is 8.24. The van der Waals surface area contributed by atoms with Gasteiger partial charge in [0.2, 0.25) is 10.0 Å². The summed E-state index contributed by atoms with van der Waals surface area (Å²) < 4.78 is 31.5. The van der Waals surface area contributed by atoms with Crippen molar-refractivity contribution in [2.45, 2.75) is 19.4 Å². The van der Waals surface area contributed by atoms with Crippen LogP contribution in [0.15, 0.2) is 29.7 Å². The summed E-state index contributed by atoms with van der Waals surface area (Å²) in [7, 11) is -3.42. The fourth-order valence-electron chi connectivity index (χ4n) is 2.01. The van der Waals surface area contributed by atoms with E-state index in [-0.39, 0.29) is 0 Å². The molecular weight excluding hydrogens is 298 g/mol. The molecule has 1 saturated heterocycles. The molecule has 1 fully saturated rings. The Labute approximate surface area is 125 Å². The van der Waals surface area contributed by atoms with Gasteiger partial charge in [0.25, 0.3) is 0 Å². The smallest absolute Gasteiger partial charge is 0.236 e. The van der Waals surface area contributed by atoms with Gasteiger partial charge in [-0.1, -0.05) is 23.7 Å². The Morgan fingerprint density at radius 3 is 2.55 bits per heavy atom. The SMILES string of the molecule is CC1(C)CN(S(=O)(=O)/C=C/c2ccc(Cl)cc2)CCO1. The highest BCUT2D eigenvalue weighted by Crippen LogP contribution is 2.20. The lowest BCUT2D eigenvalue weighted by molar-refractivity contribution is -0.0637. The summed E-state index contributed by atoms with van der Waals surface area (Å²) in [5.74, 6) is 0. The third kappa shape index (κ3) is 4.06. The quantitative estimate of drug-likeness (QED) is 0.861. The number of nitrogens with zero attached hydrogens (tertiary/aromatic N) is 1. The Bertz CT molecular complexity index is 593. The predicted molar refractivity (Wildman–Crippen MR) is 81.0 cm³/mol. The first-order valence-electron chi connectivity index (χ1n) is 6.36. The molecule has 1 heterocycles. The Morgan fingerprint density at radius 1 is 1.30 bits per heavy atom. The van der Waals surface area contributed by atoms with Crippen LogP contribution in [0.25, 0.3) is 6.08 Å². The minimum Gasteiger partial charge on any atom is -0.373 e. The number of halogens is 1. The molecule has 1 aromatic rings. The molecule has 0 spiro atoms. The lowest BCUT2D eigenvalue weighted by atomic mass is 10.1. The minimum absolute atomic E-state index is 0.361. The molecule has 20 heavy (non-hydrogen) atoms. The molecule has 0 radical (unpaired) electrons. The highest BCUT2D eigenvalue weighted by atomic mass is 35.5. The summed E-state index contributed by atoms with van der Waals surface area (Å²) in [6.07, 6.45) is 1.58. The van der Waals surface area contributed by atoms with Crippen molar-refractivity contribution in [3.63, 3.8) is 0 Å². The molecule has 0 N–H and O–H groups in total. The summed E-state index contributed by atoms with van der Waals surface area (Å²) in [4.78, 5) is 0. The van der Waals surface area contributed by atoms with E-state index in [4.69, 9.17) is 16.3 Å². The van der Waals surface area contributed by atoms with Gasteiger partial charge in [0, 0.05) is 23.5 Å². The van der Waals surface area contributed by atoms with E-state index < -0.39 is 15.6 Å². The second-order valence-corrected chi connectivity index (χ2v) is 7.60. The topological polar surface area (TPSA) is 46.6 Å². The van der Waals surface area contributed by atoms with E-state index in [1.165, 1.54) is 9.71 Å². The lowest BCUT2D eigenvalue weighted by Crippen LogP contribution is -2.49. The van der Waals surface area contributed by atoms with Crippen LogP contribution in [-0.4, -0.2) is 38.0 Å². The molecule has 0 atom stereocenters. The second-order valence-electron chi connectivity index (χ2n) is 5.34. The number of ether oxygens (including phenoxy) is 1. The molecule has 1 aliphatic heterocycles. The number of sulfonamides is 1. The molecule has 0 saturated carbocycles. The summed E-state index contributed by atoms with van der Waals surface area (Å²) in [5, 5.41) is 1.86. The van der Waals surface area contributed by atoms with E-state index in [1.54, 1.807) is 30.3 Å². The van der Waals surface area contributed by atoms with Crippen molar-refractivity contribution in [1.82, 2.24) is 4.31 Å². The van der Waals surface area contributed by atoms with Crippen molar-refractivity contribution in [3.05, 3.63) is 40.3 Å². The summed E-state index contributed by atoms with van der Waals surface area (Å²) in [6.45, 7) is 4.94. The van der Waals surface area contributed by atoms with Gasteiger partial charge in [0.15, 0.2) is 0 Å². The molecule has 2 rings (SSSR count). The molecule has 0 aliphatic carbocycles. The van der Waals surface area contributed by atoms with Crippen molar-refractivity contribution in [2.75, 3.05) is 19.7 Å². The van der Waals surface area contributed by atoms with Crippen LogP contribution in [-0.2, 0) is 14.8 Å². The van der Waals surface area contributed by atoms with Crippen LogP contribution in [0.4, 0.5) is 0 Å². The largest absolute Gasteiger partial charge is 0.373 e. The van der Waals surface area contributed by atoms with Crippen LogP contribution in [0.5, 0.6) is 0 Å². The Kier molecular flexibility index (Phi) is 4.54. The van der Waals surface area contributed by atoms with Gasteiger partial charge in [-0.15, -0.1) is 0 Å². The maximum Gasteiger partial charge on any atom is 0.236 e. The van der Waals surface area contributed by atoms with Crippen molar-refractivity contribution in [2.24, 2.45) is 0 Å². The van der Waals surface area contributed by atoms with Gasteiger partial charge in [0.1, 0.15) is 0 Å². The van der Waals surface area contributed by atoms with Crippen LogP contribution in [0.1, 0.15) is 19.4 Å². The van der Waals surface area contributed by atoms with E-state index in [0.717, 1.165) is 5.56 Å². The Hall–Kier alpha value is -0.880. The Balaban J connectivity index is 2.12. The van der Waals surface area contributed by atoms with Gasteiger partial charge >= 0.3 is 0 Å². The zero-order chi connectivity index (χ0) is 14.8. The Morgan fingerprint density at radius 2 is 1.95 bits per heavy atom. The van der Waals surface area contributed by atoms with Gasteiger partial charge in [-0.05, 0) is 37.6 Å². The third-order valence-electron chi connectivity index (χ3n) is 3.05. The molecule has 1 aliphatic rings. The van der Waals surface area contributed by atoms with Crippen molar-refractivity contribution < 1.29 is 13.2 Å². The van der Waals surface area contributed by atoms with Gasteiger partial charge in [-0.2, -0.15) is 4.31 Å². The average Bonchev–Trinajstić information content (AvgIpc) is 2.37. The number of benzene rings is 1. The van der Waals surface area contributed by atoms with Gasteiger partial charge < -0.3 is 4.74 Å². The maximum absolute atomic E-state index is 12.3. The molecule has 110 valence electrons. The zero-order valence-corrected chi connectivity index (χ0v) is 13.1. The van der Waals surface area contributed by atoms with Crippen molar-refractivity contribution in [3.8, 4) is 0 Å². The first-order chi connectivity index (χ1) is 9.28. The van der Waals surface area contributed by atoms with E-state index in [9.17, 15) is 8.42 Å². The molecule has 6 heteroatoms. The van der Waals surface area contributed by atoms with Crippen molar-refractivity contribution in [1.29, 1.82) is 0 Å². The maximum atomic E-state index is 12.3. The van der Waals surface area contributed by atoms with Crippen molar-refractivity contribution >= 4 is 27.7 Å². The normalized spacial score (nSPS) is 20.4. The standard InChI is InChI=1S/C14H18ClNO3S/c1-14(2)11-16(8-9-19-14)20(17,18)10-7-12-3-5-13(15)6-4-12/h3-7,10H,8-9,11H2,1-2H3/b10-7+. The highest BCUT2D eigenvalue weighted by molar-refractivity contribution is 7.92. The summed E-state index contributed by atoms with van der Waals surface area (Å²) >= 11 is 5.79. The van der Waals surface area contributed by atoms with Crippen LogP contribution in [0, 0.1) is 0 Å². The van der Waals surface area contributed by atoms with Crippen LogP contribution >= 0.6 is 11.6 Å². The number of hydrogen-bond acceptors (Lipinski definition) is 3. The number of morpholine rings is 1. The minimum atomic E-state index is -3.42. The molecule has 0 bridgehead atoms. The molecule has 0 unspecified atom stereocenters. The molecule has 4 nitrogen and oxygen atoms in total. The predicted octanol–water partition coefficient (Wildman–Crippen LogP) is 2.75. The molecular formula is C14H18ClNO3S. The van der Waals surface area contributed by atoms with Gasteiger partial charge in [-0.3, -0.25) is 0 Å². The average molecular weight is 316 g/mol. The van der Waals surface area contributed by atoms with E-state index in [2.05, 4.69) is 0 Å². The second kappa shape index (κ2) is 5.85. The molecule has 0 amide bonds. The summed E-state index contributed by atoms with van der Waals surface area (Å²) in [5.41, 5.74) is 0.352. The third-order valence-corrected chi connectivity index (χ3v) is 4.82. The van der Waals surface area contributed by atoms with Crippen LogP contribution in [0.3, 0.4) is 0 Å². The van der Waals surface area contributed by atoms with E-state index >= 15 is 0 Å². The molecule has 0 aromatic heterocycles. The lowest BCUT2D eigenvalue weighted by Gasteiger charge is -2.36. The summed E-state index contributed by atoms with van der Waals surface area (Å²) in [6, 6.07) is 7.01. The monoisotopic (exact) mass is 315 g/mol. The number of hydrogen-bond donors (Lipinski definition) is 0. The van der Waals surface area contributed by atoms with E-state index in [0.29, 0.717) is 24.7 Å². The van der Waals surface area contributed by atoms with Crippen LogP contribution < -0.4 is 0 Å². The number of rotatable bonds is 3. The highest BCUT2D eigenvalue weighted by Gasteiger charge is 2.32. The zero-order valence-electron chi connectivity index (χ0n) is 11.5. The fraction of sp³-hybridized carbons (Fsp3) is 0.429. The molecule has 1 aromatic carbocycles. The first kappa shape index (κ1) is 15.5.